The standard InChI is InChI=1S/C28H30N4O5/c1-36-22-7-3-18(4-8-22)14-26(33)30-24-11-12-25-20-13-19(16-32(25)27(24)34)15-31(17-20)28(35)29-21-5-9-23(37-2)10-6-21/h3-12,19-20H,13-17H2,1-2H3,(H,29,35)(H,30,33). The molecule has 5 rings (SSSR count). The molecule has 0 spiro atoms. The van der Waals surface area contributed by atoms with Crippen molar-refractivity contribution in [2.75, 3.05) is 37.9 Å². The van der Waals surface area contributed by atoms with Gasteiger partial charge in [0, 0.05) is 36.9 Å². The number of methoxy groups -OCH3 is 2. The topological polar surface area (TPSA) is 102 Å². The van der Waals surface area contributed by atoms with Crippen LogP contribution in [0.25, 0.3) is 0 Å². The number of anilines is 2. The highest BCUT2D eigenvalue weighted by Gasteiger charge is 2.36. The summed E-state index contributed by atoms with van der Waals surface area (Å²) in [6.07, 6.45) is 1.09. The van der Waals surface area contributed by atoms with E-state index in [1.165, 1.54) is 0 Å². The van der Waals surface area contributed by atoms with Crippen LogP contribution in [0.5, 0.6) is 11.5 Å². The number of hydrogen-bond donors (Lipinski definition) is 2. The van der Waals surface area contributed by atoms with Gasteiger partial charge in [0.25, 0.3) is 5.56 Å². The van der Waals surface area contributed by atoms with Crippen LogP contribution < -0.4 is 25.7 Å². The molecule has 1 fully saturated rings. The van der Waals surface area contributed by atoms with E-state index in [9.17, 15) is 14.4 Å². The predicted molar refractivity (Wildman–Crippen MR) is 140 cm³/mol. The lowest BCUT2D eigenvalue weighted by molar-refractivity contribution is -0.115. The van der Waals surface area contributed by atoms with E-state index in [-0.39, 0.29) is 41.4 Å². The van der Waals surface area contributed by atoms with Crippen molar-refractivity contribution in [3.63, 3.8) is 0 Å². The summed E-state index contributed by atoms with van der Waals surface area (Å²) >= 11 is 0. The number of aromatic nitrogens is 1. The van der Waals surface area contributed by atoms with Gasteiger partial charge in [0.1, 0.15) is 17.2 Å². The number of rotatable bonds is 6. The molecule has 2 atom stereocenters. The van der Waals surface area contributed by atoms with Gasteiger partial charge >= 0.3 is 6.03 Å². The molecular weight excluding hydrogens is 472 g/mol. The maximum Gasteiger partial charge on any atom is 0.321 e. The van der Waals surface area contributed by atoms with E-state index in [1.54, 1.807) is 61.3 Å². The van der Waals surface area contributed by atoms with Gasteiger partial charge in [0.15, 0.2) is 0 Å². The van der Waals surface area contributed by atoms with Crippen LogP contribution in [0.2, 0.25) is 0 Å². The van der Waals surface area contributed by atoms with Crippen LogP contribution in [0.1, 0.15) is 23.6 Å². The summed E-state index contributed by atoms with van der Waals surface area (Å²) in [7, 11) is 3.19. The number of ether oxygens (including phenoxy) is 2. The van der Waals surface area contributed by atoms with Crippen molar-refractivity contribution in [2.45, 2.75) is 25.3 Å². The second kappa shape index (κ2) is 10.4. The first kappa shape index (κ1) is 24.4. The molecule has 9 nitrogen and oxygen atoms in total. The Morgan fingerprint density at radius 3 is 2.22 bits per heavy atom. The van der Waals surface area contributed by atoms with Crippen molar-refractivity contribution < 1.29 is 19.1 Å². The average molecular weight is 503 g/mol. The van der Waals surface area contributed by atoms with Crippen LogP contribution in [-0.2, 0) is 17.8 Å². The molecule has 2 bridgehead atoms. The van der Waals surface area contributed by atoms with E-state index >= 15 is 0 Å². The average Bonchev–Trinajstić information content (AvgIpc) is 2.91. The molecule has 1 aromatic heterocycles. The van der Waals surface area contributed by atoms with Crippen LogP contribution in [0, 0.1) is 5.92 Å². The number of urea groups is 1. The van der Waals surface area contributed by atoms with Gasteiger partial charge in [-0.3, -0.25) is 9.59 Å². The van der Waals surface area contributed by atoms with Crippen LogP contribution in [0.4, 0.5) is 16.2 Å². The molecule has 2 aliphatic heterocycles. The minimum atomic E-state index is -0.250. The number of piperidine rings is 1. The van der Waals surface area contributed by atoms with Crippen LogP contribution in [-0.4, -0.2) is 48.7 Å². The zero-order valence-electron chi connectivity index (χ0n) is 20.9. The highest BCUT2D eigenvalue weighted by atomic mass is 16.5. The fourth-order valence-electron chi connectivity index (χ4n) is 5.21. The minimum absolute atomic E-state index is 0.0610. The second-order valence-electron chi connectivity index (χ2n) is 9.52. The quantitative estimate of drug-likeness (QED) is 0.535. The number of carbonyl (C=O) groups is 2. The third-order valence-corrected chi connectivity index (χ3v) is 7.03. The van der Waals surface area contributed by atoms with Gasteiger partial charge in [-0.1, -0.05) is 12.1 Å². The van der Waals surface area contributed by atoms with Gasteiger partial charge < -0.3 is 29.6 Å². The van der Waals surface area contributed by atoms with E-state index in [0.717, 1.165) is 29.2 Å². The van der Waals surface area contributed by atoms with Crippen LogP contribution in [0.3, 0.4) is 0 Å². The Bertz CT molecular complexity index is 1350. The third-order valence-electron chi connectivity index (χ3n) is 7.03. The molecule has 0 radical (unpaired) electrons. The zero-order valence-corrected chi connectivity index (χ0v) is 20.9. The summed E-state index contributed by atoms with van der Waals surface area (Å²) in [5.74, 6) is 1.42. The van der Waals surface area contributed by atoms with Crippen molar-refractivity contribution in [3.8, 4) is 11.5 Å². The molecule has 3 heterocycles. The molecule has 2 unspecified atom stereocenters. The Balaban J connectivity index is 1.25. The van der Waals surface area contributed by atoms with Crippen molar-refractivity contribution in [1.29, 1.82) is 0 Å². The molecule has 9 heteroatoms. The fraction of sp³-hybridized carbons (Fsp3) is 0.321. The number of amides is 3. The first-order valence-corrected chi connectivity index (χ1v) is 12.3. The van der Waals surface area contributed by atoms with Crippen LogP contribution >= 0.6 is 0 Å². The zero-order chi connectivity index (χ0) is 25.9. The molecular formula is C28H30N4O5. The van der Waals surface area contributed by atoms with Gasteiger partial charge in [-0.15, -0.1) is 0 Å². The summed E-state index contributed by atoms with van der Waals surface area (Å²) in [5, 5.41) is 5.73. The number of likely N-dealkylation sites (tertiary alicyclic amines) is 1. The molecule has 0 aliphatic carbocycles. The van der Waals surface area contributed by atoms with E-state index in [0.29, 0.717) is 25.3 Å². The number of fused-ring (bicyclic) bond motifs is 4. The molecule has 2 aromatic carbocycles. The van der Waals surface area contributed by atoms with E-state index in [4.69, 9.17) is 9.47 Å². The normalized spacial score (nSPS) is 17.9. The number of nitrogens with one attached hydrogen (secondary N) is 2. The number of benzene rings is 2. The highest BCUT2D eigenvalue weighted by molar-refractivity contribution is 5.92. The monoisotopic (exact) mass is 502 g/mol. The smallest absolute Gasteiger partial charge is 0.321 e. The molecule has 192 valence electrons. The van der Waals surface area contributed by atoms with Crippen molar-refractivity contribution >= 4 is 23.3 Å². The summed E-state index contributed by atoms with van der Waals surface area (Å²) in [6.45, 7) is 1.61. The molecule has 1 saturated heterocycles. The van der Waals surface area contributed by atoms with Crippen molar-refractivity contribution in [1.82, 2.24) is 9.47 Å². The summed E-state index contributed by atoms with van der Waals surface area (Å²) in [4.78, 5) is 40.6. The van der Waals surface area contributed by atoms with Gasteiger partial charge in [-0.25, -0.2) is 4.79 Å². The minimum Gasteiger partial charge on any atom is -0.497 e. The van der Waals surface area contributed by atoms with E-state index in [1.807, 2.05) is 23.1 Å². The first-order chi connectivity index (χ1) is 17.9. The number of carbonyl (C=O) groups excluding carboxylic acids is 2. The lowest BCUT2D eigenvalue weighted by Gasteiger charge is -2.42. The predicted octanol–water partition coefficient (Wildman–Crippen LogP) is 3.70. The van der Waals surface area contributed by atoms with Crippen molar-refractivity contribution in [2.24, 2.45) is 5.92 Å². The van der Waals surface area contributed by atoms with Gasteiger partial charge in [0.05, 0.1) is 20.6 Å². The third kappa shape index (κ3) is 5.30. The summed E-state index contributed by atoms with van der Waals surface area (Å²) in [6, 6.07) is 17.9. The Kier molecular flexibility index (Phi) is 6.85. The first-order valence-electron chi connectivity index (χ1n) is 12.3. The largest absolute Gasteiger partial charge is 0.497 e. The Labute approximate surface area is 215 Å². The second-order valence-corrected chi connectivity index (χ2v) is 9.52. The maximum atomic E-state index is 13.3. The van der Waals surface area contributed by atoms with Gasteiger partial charge in [-0.05, 0) is 66.4 Å². The molecule has 3 aromatic rings. The van der Waals surface area contributed by atoms with E-state index in [2.05, 4.69) is 10.6 Å². The molecule has 37 heavy (non-hydrogen) atoms. The molecule has 2 N–H and O–H groups in total. The fourth-order valence-corrected chi connectivity index (χ4v) is 5.21. The lowest BCUT2D eigenvalue weighted by atomic mass is 9.83. The lowest BCUT2D eigenvalue weighted by Crippen LogP contribution is -2.50. The van der Waals surface area contributed by atoms with E-state index < -0.39 is 0 Å². The van der Waals surface area contributed by atoms with Gasteiger partial charge in [0.2, 0.25) is 5.91 Å². The highest BCUT2D eigenvalue weighted by Crippen LogP contribution is 2.35. The SMILES string of the molecule is COc1ccc(CC(=O)Nc2ccc3n(c2=O)CC2CC3CN(C(=O)Nc3ccc(OC)cc3)C2)cc1. The molecule has 0 saturated carbocycles. The van der Waals surface area contributed by atoms with Crippen molar-refractivity contribution in [3.05, 3.63) is 82.3 Å². The van der Waals surface area contributed by atoms with Gasteiger partial charge in [-0.2, -0.15) is 0 Å². The number of pyridine rings is 1. The maximum absolute atomic E-state index is 13.3. The van der Waals surface area contributed by atoms with Crippen LogP contribution in [0.15, 0.2) is 65.5 Å². The molecule has 2 aliphatic rings. The number of hydrogen-bond acceptors (Lipinski definition) is 5. The Morgan fingerprint density at radius 1 is 0.865 bits per heavy atom. The number of nitrogens with zero attached hydrogens (tertiary/aromatic N) is 2. The Hall–Kier alpha value is -4.27. The Morgan fingerprint density at radius 2 is 1.54 bits per heavy atom. The summed E-state index contributed by atoms with van der Waals surface area (Å²) in [5.41, 5.74) is 2.51. The molecule has 3 amide bonds. The summed E-state index contributed by atoms with van der Waals surface area (Å²) < 4.78 is 12.1.